The molecule has 0 amide bonds. The van der Waals surface area contributed by atoms with Crippen LogP contribution in [-0.4, -0.2) is 96.7 Å². The first kappa shape index (κ1) is 103. The minimum Gasteiger partial charge on any atom is -0.462 e. The third kappa shape index (κ3) is 78.5. The summed E-state index contributed by atoms with van der Waals surface area (Å²) in [5.74, 6) is -1.33. The van der Waals surface area contributed by atoms with Gasteiger partial charge >= 0.3 is 39.5 Å². The number of carbonyl (C=O) groups excluding carboxylic acids is 4. The first-order valence-electron chi connectivity index (χ1n) is 44.7. The Labute approximate surface area is 645 Å². The van der Waals surface area contributed by atoms with Gasteiger partial charge in [0.25, 0.3) is 0 Å². The first-order valence-corrected chi connectivity index (χ1v) is 47.7. The number of hydrogen-bond acceptors (Lipinski definition) is 15. The van der Waals surface area contributed by atoms with Gasteiger partial charge in [-0.05, 0) is 31.6 Å². The molecule has 105 heavy (non-hydrogen) atoms. The molecule has 19 heteroatoms. The van der Waals surface area contributed by atoms with Gasteiger partial charge in [0.1, 0.15) is 19.3 Å². The molecule has 0 saturated carbocycles. The largest absolute Gasteiger partial charge is 0.472 e. The second kappa shape index (κ2) is 78.7. The van der Waals surface area contributed by atoms with Crippen molar-refractivity contribution in [2.24, 2.45) is 5.92 Å². The normalized spacial score (nSPS) is 14.0. The van der Waals surface area contributed by atoms with Crippen LogP contribution in [0.3, 0.4) is 0 Å². The summed E-state index contributed by atoms with van der Waals surface area (Å²) in [4.78, 5) is 73.2. The van der Waals surface area contributed by atoms with Crippen LogP contribution < -0.4 is 0 Å². The Bertz CT molecular complexity index is 2000. The summed E-state index contributed by atoms with van der Waals surface area (Å²) in [5, 5.41) is 10.7. The van der Waals surface area contributed by atoms with Gasteiger partial charge in [0.2, 0.25) is 0 Å². The van der Waals surface area contributed by atoms with Gasteiger partial charge in [0, 0.05) is 25.7 Å². The van der Waals surface area contributed by atoms with Gasteiger partial charge in [-0.25, -0.2) is 9.13 Å². The molecule has 0 heterocycles. The molecule has 0 radical (unpaired) electrons. The van der Waals surface area contributed by atoms with Gasteiger partial charge in [-0.1, -0.05) is 413 Å². The molecule has 0 aromatic heterocycles. The molecule has 0 spiro atoms. The molecule has 0 saturated heterocycles. The molecular formula is C86H168O17P2. The summed E-state index contributed by atoms with van der Waals surface area (Å²) >= 11 is 0. The highest BCUT2D eigenvalue weighted by molar-refractivity contribution is 7.47. The maximum atomic E-state index is 13.1. The molecule has 624 valence electrons. The maximum Gasteiger partial charge on any atom is 0.472 e. The average Bonchev–Trinajstić information content (AvgIpc) is 0.905. The predicted octanol–water partition coefficient (Wildman–Crippen LogP) is 26.4. The zero-order chi connectivity index (χ0) is 76.9. The SMILES string of the molecule is CCCCCCCCCCCCCCCCCCCCCCCC(=O)O[C@H](COC(=O)CCCCCCCCCCCCCCCCCCCCCC)COP(=O)(O)OC[C@@H](O)COP(=O)(O)OC[C@@H](COC(=O)CCCCCCCCCCCCCC)OC(=O)CCCCCCCCCCC(C)CC. The summed E-state index contributed by atoms with van der Waals surface area (Å²) < 4.78 is 68.9. The lowest BCUT2D eigenvalue weighted by molar-refractivity contribution is -0.161. The number of carbonyl (C=O) groups is 4. The smallest absolute Gasteiger partial charge is 0.462 e. The van der Waals surface area contributed by atoms with Crippen molar-refractivity contribution in [2.45, 2.75) is 483 Å². The topological polar surface area (TPSA) is 237 Å². The Morgan fingerprint density at radius 3 is 0.676 bits per heavy atom. The van der Waals surface area contributed by atoms with E-state index in [-0.39, 0.29) is 25.7 Å². The number of ether oxygens (including phenoxy) is 4. The fraction of sp³-hybridized carbons (Fsp3) is 0.953. The molecule has 0 aliphatic rings. The lowest BCUT2D eigenvalue weighted by atomic mass is 9.99. The molecule has 17 nitrogen and oxygen atoms in total. The van der Waals surface area contributed by atoms with E-state index in [4.69, 9.17) is 37.0 Å². The molecule has 0 aliphatic heterocycles. The average molecular weight is 1540 g/mol. The van der Waals surface area contributed by atoms with Crippen LogP contribution in [0, 0.1) is 5.92 Å². The Morgan fingerprint density at radius 1 is 0.267 bits per heavy atom. The van der Waals surface area contributed by atoms with Crippen molar-refractivity contribution in [1.82, 2.24) is 0 Å². The Balaban J connectivity index is 5.22. The van der Waals surface area contributed by atoms with E-state index in [1.54, 1.807) is 0 Å². The summed E-state index contributed by atoms with van der Waals surface area (Å²) in [6.45, 7) is 7.35. The number of esters is 4. The predicted molar refractivity (Wildman–Crippen MR) is 432 cm³/mol. The highest BCUT2D eigenvalue weighted by Crippen LogP contribution is 2.45. The van der Waals surface area contributed by atoms with E-state index in [2.05, 4.69) is 34.6 Å². The number of rotatable bonds is 86. The van der Waals surface area contributed by atoms with Crippen molar-refractivity contribution in [2.75, 3.05) is 39.6 Å². The molecule has 6 atom stereocenters. The lowest BCUT2D eigenvalue weighted by Crippen LogP contribution is -2.30. The summed E-state index contributed by atoms with van der Waals surface area (Å²) in [6.07, 6.45) is 72.3. The van der Waals surface area contributed by atoms with Crippen LogP contribution in [0.2, 0.25) is 0 Å². The molecule has 0 rings (SSSR count). The number of phosphoric ester groups is 2. The molecule has 3 unspecified atom stereocenters. The third-order valence-corrected chi connectivity index (χ3v) is 22.5. The van der Waals surface area contributed by atoms with E-state index >= 15 is 0 Å². The monoisotopic (exact) mass is 1540 g/mol. The van der Waals surface area contributed by atoms with Gasteiger partial charge < -0.3 is 33.8 Å². The van der Waals surface area contributed by atoms with Gasteiger partial charge in [-0.2, -0.15) is 0 Å². The molecule has 0 bridgehead atoms. The fourth-order valence-electron chi connectivity index (χ4n) is 13.4. The molecule has 3 N–H and O–H groups in total. The Hall–Kier alpha value is -1.94. The van der Waals surface area contributed by atoms with E-state index in [1.165, 1.54) is 289 Å². The van der Waals surface area contributed by atoms with E-state index in [0.717, 1.165) is 95.8 Å². The lowest BCUT2D eigenvalue weighted by Gasteiger charge is -2.21. The van der Waals surface area contributed by atoms with E-state index in [1.807, 2.05) is 0 Å². The minimum atomic E-state index is -4.97. The van der Waals surface area contributed by atoms with Crippen molar-refractivity contribution < 1.29 is 80.2 Å². The van der Waals surface area contributed by atoms with Crippen molar-refractivity contribution in [3.63, 3.8) is 0 Å². The number of phosphoric acid groups is 2. The first-order chi connectivity index (χ1) is 51.1. The molecule has 0 aromatic carbocycles. The standard InChI is InChI=1S/C86H168O17P2/c1-6-10-13-16-19-22-25-28-30-32-34-36-38-40-42-44-47-50-56-61-66-71-85(90)102-81(75-96-84(89)70-65-60-55-49-46-43-41-39-37-35-33-31-29-26-23-20-17-14-11-7-2)77-100-104(92,93)98-73-80(87)74-99-105(94,95)101-78-82(103-86(91)72-67-62-57-52-51-53-58-63-68-79(5)9-4)76-97-83(88)69-64-59-54-48-45-27-24-21-18-15-12-8-3/h79-82,87H,6-78H2,1-5H3,(H,92,93)(H,94,95)/t79?,80-,81-,82-/m1/s1. The fourth-order valence-corrected chi connectivity index (χ4v) is 15.0. The van der Waals surface area contributed by atoms with Crippen LogP contribution in [0.4, 0.5) is 0 Å². The second-order valence-electron chi connectivity index (χ2n) is 31.2. The van der Waals surface area contributed by atoms with Crippen LogP contribution in [0.15, 0.2) is 0 Å². The van der Waals surface area contributed by atoms with E-state index in [9.17, 15) is 43.2 Å². The Kier molecular flexibility index (Phi) is 77.3. The van der Waals surface area contributed by atoms with Crippen molar-refractivity contribution in [3.05, 3.63) is 0 Å². The zero-order valence-electron chi connectivity index (χ0n) is 68.9. The third-order valence-electron chi connectivity index (χ3n) is 20.6. The van der Waals surface area contributed by atoms with E-state index in [0.29, 0.717) is 25.7 Å². The summed E-state index contributed by atoms with van der Waals surface area (Å²) in [5.41, 5.74) is 0. The Morgan fingerprint density at radius 2 is 0.457 bits per heavy atom. The molecule has 0 aromatic rings. The van der Waals surface area contributed by atoms with Crippen LogP contribution in [0.1, 0.15) is 465 Å². The highest BCUT2D eigenvalue weighted by atomic mass is 31.2. The summed E-state index contributed by atoms with van der Waals surface area (Å²) in [6, 6.07) is 0. The van der Waals surface area contributed by atoms with Crippen LogP contribution >= 0.6 is 15.6 Å². The van der Waals surface area contributed by atoms with Crippen molar-refractivity contribution in [3.8, 4) is 0 Å². The van der Waals surface area contributed by atoms with Crippen LogP contribution in [-0.2, 0) is 65.4 Å². The van der Waals surface area contributed by atoms with Gasteiger partial charge in [-0.3, -0.25) is 37.3 Å². The maximum absolute atomic E-state index is 13.1. The number of aliphatic hydroxyl groups is 1. The highest BCUT2D eigenvalue weighted by Gasteiger charge is 2.30. The quantitative estimate of drug-likeness (QED) is 0.0222. The molecule has 0 fully saturated rings. The van der Waals surface area contributed by atoms with Crippen LogP contribution in [0.5, 0.6) is 0 Å². The van der Waals surface area contributed by atoms with Crippen molar-refractivity contribution >= 4 is 39.5 Å². The van der Waals surface area contributed by atoms with Crippen molar-refractivity contribution in [1.29, 1.82) is 0 Å². The van der Waals surface area contributed by atoms with Gasteiger partial charge in [0.15, 0.2) is 12.2 Å². The molecular weight excluding hydrogens is 1370 g/mol. The van der Waals surface area contributed by atoms with Gasteiger partial charge in [-0.15, -0.1) is 0 Å². The number of unbranched alkanes of at least 4 members (excludes halogenated alkanes) is 57. The molecule has 0 aliphatic carbocycles. The number of hydrogen-bond donors (Lipinski definition) is 3. The second-order valence-corrected chi connectivity index (χ2v) is 34.1. The minimum absolute atomic E-state index is 0.106. The van der Waals surface area contributed by atoms with Crippen LogP contribution in [0.25, 0.3) is 0 Å². The van der Waals surface area contributed by atoms with Gasteiger partial charge in [0.05, 0.1) is 26.4 Å². The zero-order valence-corrected chi connectivity index (χ0v) is 70.7. The summed E-state index contributed by atoms with van der Waals surface area (Å²) in [7, 11) is -9.93. The van der Waals surface area contributed by atoms with E-state index < -0.39 is 97.5 Å². The number of aliphatic hydroxyl groups excluding tert-OH is 1.